The van der Waals surface area contributed by atoms with Gasteiger partial charge in [0.25, 0.3) is 0 Å². The first-order chi connectivity index (χ1) is 25.7. The van der Waals surface area contributed by atoms with E-state index in [2.05, 4.69) is 53.7 Å². The Morgan fingerprint density at radius 3 is 1.92 bits per heavy atom. The van der Waals surface area contributed by atoms with E-state index in [-0.39, 0.29) is 5.97 Å². The maximum Gasteiger partial charge on any atom is 0.305 e. The molecule has 0 aromatic heterocycles. The van der Waals surface area contributed by atoms with Crippen molar-refractivity contribution in [3.05, 3.63) is 12.2 Å². The molecule has 0 aliphatic heterocycles. The molecule has 9 atom stereocenters. The predicted molar refractivity (Wildman–Crippen MR) is 230 cm³/mol. The summed E-state index contributed by atoms with van der Waals surface area (Å²) in [6.07, 6.45) is 46.8. The minimum Gasteiger partial charge on any atom is -0.466 e. The van der Waals surface area contributed by atoms with Crippen molar-refractivity contribution in [2.45, 2.75) is 241 Å². The molecule has 0 heterocycles. The number of ether oxygens (including phenoxy) is 1. The maximum absolute atomic E-state index is 12.6. The Balaban J connectivity index is 1.00. The lowest BCUT2D eigenvalue weighted by atomic mass is 9.44. The number of unbranched alkanes of at least 4 members (excludes halogenated alkanes) is 15. The van der Waals surface area contributed by atoms with Crippen LogP contribution in [0.1, 0.15) is 241 Å². The third kappa shape index (κ3) is 13.7. The van der Waals surface area contributed by atoms with Crippen LogP contribution < -0.4 is 0 Å². The summed E-state index contributed by atoms with van der Waals surface area (Å²) in [5.74, 6) is 7.14. The van der Waals surface area contributed by atoms with Crippen molar-refractivity contribution in [3.8, 4) is 0 Å². The van der Waals surface area contributed by atoms with Crippen LogP contribution in [0.4, 0.5) is 0 Å². The van der Waals surface area contributed by atoms with Gasteiger partial charge in [0, 0.05) is 6.42 Å². The summed E-state index contributed by atoms with van der Waals surface area (Å²) in [5, 5.41) is 0. The van der Waals surface area contributed by atoms with Crippen LogP contribution >= 0.6 is 0 Å². The molecule has 4 aliphatic carbocycles. The van der Waals surface area contributed by atoms with E-state index >= 15 is 0 Å². The van der Waals surface area contributed by atoms with E-state index in [0.717, 1.165) is 48.3 Å². The predicted octanol–water partition coefficient (Wildman–Crippen LogP) is 16.3. The second kappa shape index (κ2) is 24.1. The molecule has 0 aromatic carbocycles. The fourth-order valence-corrected chi connectivity index (χ4v) is 13.2. The van der Waals surface area contributed by atoms with Crippen molar-refractivity contribution in [1.29, 1.82) is 0 Å². The number of hydrogen-bond donors (Lipinski definition) is 0. The van der Waals surface area contributed by atoms with Crippen molar-refractivity contribution in [1.82, 2.24) is 0 Å². The first-order valence-electron chi connectivity index (χ1n) is 24.5. The number of carbonyl (C=O) groups is 1. The molecule has 0 amide bonds. The Labute approximate surface area is 332 Å². The summed E-state index contributed by atoms with van der Waals surface area (Å²) < 4.78 is 5.81. The summed E-state index contributed by atoms with van der Waals surface area (Å²) in [4.78, 5) is 12.6. The molecular formula is C51H92O2. The number of hydrogen-bond acceptors (Lipinski definition) is 2. The van der Waals surface area contributed by atoms with Crippen LogP contribution in [0.25, 0.3) is 0 Å². The van der Waals surface area contributed by atoms with Crippen molar-refractivity contribution >= 4 is 5.97 Å². The molecule has 4 fully saturated rings. The lowest BCUT2D eigenvalue weighted by Crippen LogP contribution is -2.53. The fraction of sp³-hybridized carbons (Fsp3) is 0.941. The zero-order chi connectivity index (χ0) is 37.9. The van der Waals surface area contributed by atoms with Gasteiger partial charge in [-0.15, -0.1) is 0 Å². The van der Waals surface area contributed by atoms with Gasteiger partial charge in [0.1, 0.15) is 0 Å². The van der Waals surface area contributed by atoms with E-state index in [1.165, 1.54) is 173 Å². The monoisotopic (exact) mass is 737 g/mol. The highest BCUT2D eigenvalue weighted by molar-refractivity contribution is 5.69. The largest absolute Gasteiger partial charge is 0.466 e. The molecule has 2 nitrogen and oxygen atoms in total. The molecule has 0 spiro atoms. The number of esters is 1. The van der Waals surface area contributed by atoms with Gasteiger partial charge in [-0.05, 0) is 154 Å². The molecule has 0 radical (unpaired) electrons. The van der Waals surface area contributed by atoms with E-state index in [4.69, 9.17) is 4.74 Å². The highest BCUT2D eigenvalue weighted by Crippen LogP contribution is 2.68. The molecule has 0 saturated heterocycles. The van der Waals surface area contributed by atoms with Crippen LogP contribution in [0.15, 0.2) is 12.2 Å². The average molecular weight is 737 g/mol. The van der Waals surface area contributed by atoms with E-state index < -0.39 is 0 Å². The number of carbonyl (C=O) groups excluding carboxylic acids is 1. The standard InChI is InChI=1S/C51H92O2/c1-7-8-9-10-11-12-13-14-15-16-17-18-19-20-21-22-23-24-25-29-49(52)53-40-37-43(41(2)3)31-30-42(4)46-34-35-47-45-33-32-44-28-26-27-38-50(44,5)48(45)36-39-51(46,47)6/h14-15,41-48H,7-13,16-40H2,1-6H3/b15-14-/t42-,43+,44?,45+,46-,47+,48+,50+,51-/m1/s1. The molecule has 1 unspecified atom stereocenters. The normalized spacial score (nSPS) is 31.0. The third-order valence-corrected chi connectivity index (χ3v) is 16.7. The van der Waals surface area contributed by atoms with Gasteiger partial charge in [0.15, 0.2) is 0 Å². The maximum atomic E-state index is 12.6. The topological polar surface area (TPSA) is 26.3 Å². The van der Waals surface area contributed by atoms with Crippen molar-refractivity contribution in [2.24, 2.45) is 58.2 Å². The van der Waals surface area contributed by atoms with Crippen LogP contribution in [0.5, 0.6) is 0 Å². The summed E-state index contributed by atoms with van der Waals surface area (Å²) >= 11 is 0. The van der Waals surface area contributed by atoms with Gasteiger partial charge in [0.05, 0.1) is 6.61 Å². The first kappa shape index (κ1) is 44.9. The summed E-state index contributed by atoms with van der Waals surface area (Å²) in [5.41, 5.74) is 1.23. The van der Waals surface area contributed by atoms with Crippen LogP contribution in [0, 0.1) is 58.2 Å². The second-order valence-corrected chi connectivity index (χ2v) is 20.4. The molecule has 2 heteroatoms. The van der Waals surface area contributed by atoms with Gasteiger partial charge in [-0.2, -0.15) is 0 Å². The van der Waals surface area contributed by atoms with Gasteiger partial charge in [-0.3, -0.25) is 4.79 Å². The Bertz CT molecular complexity index is 1010. The fourth-order valence-electron chi connectivity index (χ4n) is 13.2. The van der Waals surface area contributed by atoms with E-state index in [9.17, 15) is 4.79 Å². The lowest BCUT2D eigenvalue weighted by Gasteiger charge is -2.61. The molecule has 4 rings (SSSR count). The summed E-state index contributed by atoms with van der Waals surface area (Å²) in [6, 6.07) is 0. The molecule has 4 aliphatic rings. The number of allylic oxidation sites excluding steroid dienone is 2. The minimum atomic E-state index is 0.0403. The van der Waals surface area contributed by atoms with Gasteiger partial charge < -0.3 is 4.74 Å². The highest BCUT2D eigenvalue weighted by atomic mass is 16.5. The van der Waals surface area contributed by atoms with E-state index in [1.807, 2.05) is 0 Å². The molecule has 0 N–H and O–H groups in total. The summed E-state index contributed by atoms with van der Waals surface area (Å²) in [6.45, 7) is 15.8. The van der Waals surface area contributed by atoms with E-state index in [1.54, 1.807) is 6.42 Å². The lowest BCUT2D eigenvalue weighted by molar-refractivity contribution is -0.144. The van der Waals surface area contributed by atoms with Crippen LogP contribution in [-0.2, 0) is 9.53 Å². The van der Waals surface area contributed by atoms with Crippen LogP contribution in [-0.4, -0.2) is 12.6 Å². The van der Waals surface area contributed by atoms with Gasteiger partial charge >= 0.3 is 5.97 Å². The number of fused-ring (bicyclic) bond motifs is 5. The van der Waals surface area contributed by atoms with Crippen molar-refractivity contribution in [2.75, 3.05) is 6.61 Å². The van der Waals surface area contributed by atoms with Crippen molar-refractivity contribution in [3.63, 3.8) is 0 Å². The highest BCUT2D eigenvalue weighted by Gasteiger charge is 2.60. The molecule has 0 bridgehead atoms. The molecule has 4 saturated carbocycles. The minimum absolute atomic E-state index is 0.0403. The zero-order valence-electron chi connectivity index (χ0n) is 36.7. The quantitative estimate of drug-likeness (QED) is 0.0477. The average Bonchev–Trinajstić information content (AvgIpc) is 3.50. The van der Waals surface area contributed by atoms with Crippen LogP contribution in [0.3, 0.4) is 0 Å². The Morgan fingerprint density at radius 2 is 1.26 bits per heavy atom. The van der Waals surface area contributed by atoms with Gasteiger partial charge in [-0.25, -0.2) is 0 Å². The van der Waals surface area contributed by atoms with E-state index in [0.29, 0.717) is 35.7 Å². The SMILES string of the molecule is CCCCCCCC/C=C\CCCCCCCCCCCC(=O)OCC[C@H](CC[C@@H](C)[C@H]1CC[C@H]2[C@@H]3CCC4CCCC[C@]4(C)[C@H]3CC[C@]12C)C(C)C. The second-order valence-electron chi connectivity index (χ2n) is 20.4. The van der Waals surface area contributed by atoms with Gasteiger partial charge in [0.2, 0.25) is 0 Å². The van der Waals surface area contributed by atoms with Gasteiger partial charge in [-0.1, -0.05) is 150 Å². The zero-order valence-corrected chi connectivity index (χ0v) is 36.7. The molecular weight excluding hydrogens is 645 g/mol. The summed E-state index contributed by atoms with van der Waals surface area (Å²) in [7, 11) is 0. The van der Waals surface area contributed by atoms with Crippen LogP contribution in [0.2, 0.25) is 0 Å². The Morgan fingerprint density at radius 1 is 0.642 bits per heavy atom. The third-order valence-electron chi connectivity index (χ3n) is 16.7. The molecule has 53 heavy (non-hydrogen) atoms. The molecule has 308 valence electrons. The molecule has 0 aromatic rings. The van der Waals surface area contributed by atoms with Crippen molar-refractivity contribution < 1.29 is 9.53 Å². The number of rotatable bonds is 27. The first-order valence-corrected chi connectivity index (χ1v) is 24.5. The smallest absolute Gasteiger partial charge is 0.305 e. The Hall–Kier alpha value is -0.790. The Kier molecular flexibility index (Phi) is 20.4.